The number of benzene rings is 3. The summed E-state index contributed by atoms with van der Waals surface area (Å²) in [5.74, 6) is 0.845. The Morgan fingerprint density at radius 1 is 0.906 bits per heavy atom. The minimum absolute atomic E-state index is 0.0543. The number of carbonyl (C=O) groups excluding carboxylic acids is 2. The van der Waals surface area contributed by atoms with Gasteiger partial charge in [-0.05, 0) is 55.5 Å². The fraction of sp³-hybridized carbons (Fsp3) is 0.200. The Hall–Kier alpha value is -4.00. The van der Waals surface area contributed by atoms with Gasteiger partial charge in [-0.25, -0.2) is 0 Å². The second-order valence-corrected chi connectivity index (χ2v) is 6.93. The number of anilines is 3. The van der Waals surface area contributed by atoms with Crippen LogP contribution in [0, 0.1) is 0 Å². The van der Waals surface area contributed by atoms with Crippen LogP contribution in [0.2, 0.25) is 0 Å². The lowest BCUT2D eigenvalue weighted by Gasteiger charge is -2.21. The summed E-state index contributed by atoms with van der Waals surface area (Å²) in [4.78, 5) is 27.0. The van der Waals surface area contributed by atoms with Crippen molar-refractivity contribution in [1.29, 1.82) is 0 Å². The van der Waals surface area contributed by atoms with Gasteiger partial charge in [0.25, 0.3) is 5.91 Å². The van der Waals surface area contributed by atoms with E-state index in [-0.39, 0.29) is 18.4 Å². The van der Waals surface area contributed by atoms with Crippen molar-refractivity contribution in [3.8, 4) is 11.5 Å². The number of hydrogen-bond donors (Lipinski definition) is 2. The molecule has 0 saturated carbocycles. The van der Waals surface area contributed by atoms with E-state index in [0.29, 0.717) is 29.3 Å². The van der Waals surface area contributed by atoms with E-state index in [4.69, 9.17) is 9.47 Å². The number of methoxy groups -OCH3 is 2. The molecule has 3 rings (SSSR count). The molecule has 0 aromatic heterocycles. The van der Waals surface area contributed by atoms with E-state index in [1.54, 1.807) is 54.5 Å². The van der Waals surface area contributed by atoms with Crippen molar-refractivity contribution < 1.29 is 19.1 Å². The number of amides is 2. The number of ether oxygens (including phenoxy) is 2. The van der Waals surface area contributed by atoms with Crippen LogP contribution in [0.5, 0.6) is 11.5 Å². The molecular formula is C25H27N3O4. The maximum atomic E-state index is 12.9. The normalized spacial score (nSPS) is 10.2. The molecule has 3 aromatic carbocycles. The summed E-state index contributed by atoms with van der Waals surface area (Å²) in [5, 5.41) is 5.87. The first kappa shape index (κ1) is 22.7. The van der Waals surface area contributed by atoms with E-state index in [0.717, 1.165) is 11.4 Å². The summed E-state index contributed by atoms with van der Waals surface area (Å²) in [6.45, 7) is 2.56. The summed E-state index contributed by atoms with van der Waals surface area (Å²) in [6.07, 6.45) is 0. The van der Waals surface area contributed by atoms with E-state index >= 15 is 0 Å². The molecule has 0 radical (unpaired) electrons. The molecule has 0 atom stereocenters. The molecule has 7 heteroatoms. The Labute approximate surface area is 188 Å². The highest BCUT2D eigenvalue weighted by Crippen LogP contribution is 2.28. The molecule has 32 heavy (non-hydrogen) atoms. The monoisotopic (exact) mass is 433 g/mol. The van der Waals surface area contributed by atoms with Crippen molar-refractivity contribution in [3.63, 3.8) is 0 Å². The number of nitrogens with zero attached hydrogens (tertiary/aromatic N) is 1. The molecule has 0 fully saturated rings. The standard InChI is InChI=1S/C25H27N3O4/c1-4-28(20-8-6-5-7-9-20)25(30)18-10-12-19(13-11-18)26-17-24(29)27-22-16-21(31-2)14-15-23(22)32-3/h5-16,26H,4,17H2,1-3H3,(H,27,29). The van der Waals surface area contributed by atoms with Crippen molar-refractivity contribution in [2.75, 3.05) is 42.8 Å². The van der Waals surface area contributed by atoms with Crippen LogP contribution in [-0.4, -0.2) is 39.1 Å². The van der Waals surface area contributed by atoms with Crippen LogP contribution in [0.1, 0.15) is 17.3 Å². The van der Waals surface area contributed by atoms with Crippen LogP contribution in [0.3, 0.4) is 0 Å². The van der Waals surface area contributed by atoms with Gasteiger partial charge < -0.3 is 25.0 Å². The van der Waals surface area contributed by atoms with E-state index in [1.807, 2.05) is 37.3 Å². The second kappa shape index (κ2) is 10.9. The van der Waals surface area contributed by atoms with Crippen molar-refractivity contribution in [2.24, 2.45) is 0 Å². The lowest BCUT2D eigenvalue weighted by molar-refractivity contribution is -0.114. The van der Waals surface area contributed by atoms with Crippen LogP contribution in [0.25, 0.3) is 0 Å². The number of nitrogens with one attached hydrogen (secondary N) is 2. The number of carbonyl (C=O) groups is 2. The van der Waals surface area contributed by atoms with Gasteiger partial charge in [0.2, 0.25) is 5.91 Å². The quantitative estimate of drug-likeness (QED) is 0.522. The SMILES string of the molecule is CCN(C(=O)c1ccc(NCC(=O)Nc2cc(OC)ccc2OC)cc1)c1ccccc1. The van der Waals surface area contributed by atoms with Gasteiger partial charge in [0.1, 0.15) is 11.5 Å². The van der Waals surface area contributed by atoms with Crippen LogP contribution >= 0.6 is 0 Å². The minimum Gasteiger partial charge on any atom is -0.497 e. The Balaban J connectivity index is 1.60. The first-order valence-corrected chi connectivity index (χ1v) is 10.3. The highest BCUT2D eigenvalue weighted by molar-refractivity contribution is 6.06. The van der Waals surface area contributed by atoms with Gasteiger partial charge in [-0.1, -0.05) is 18.2 Å². The number of para-hydroxylation sites is 1. The van der Waals surface area contributed by atoms with Crippen LogP contribution in [-0.2, 0) is 4.79 Å². The average Bonchev–Trinajstić information content (AvgIpc) is 2.84. The zero-order valence-electron chi connectivity index (χ0n) is 18.4. The maximum Gasteiger partial charge on any atom is 0.258 e. The second-order valence-electron chi connectivity index (χ2n) is 6.93. The third-order valence-electron chi connectivity index (χ3n) is 4.89. The van der Waals surface area contributed by atoms with Crippen molar-refractivity contribution >= 4 is 28.9 Å². The van der Waals surface area contributed by atoms with Gasteiger partial charge in [-0.3, -0.25) is 9.59 Å². The van der Waals surface area contributed by atoms with Crippen molar-refractivity contribution in [2.45, 2.75) is 6.92 Å². The van der Waals surface area contributed by atoms with Crippen LogP contribution in [0.15, 0.2) is 72.8 Å². The first-order valence-electron chi connectivity index (χ1n) is 10.3. The molecule has 2 amide bonds. The first-order chi connectivity index (χ1) is 15.5. The summed E-state index contributed by atoms with van der Waals surface area (Å²) in [7, 11) is 3.10. The fourth-order valence-electron chi connectivity index (χ4n) is 3.23. The molecule has 0 bridgehead atoms. The molecule has 0 spiro atoms. The third-order valence-corrected chi connectivity index (χ3v) is 4.89. The Bertz CT molecular complexity index is 1050. The molecule has 0 saturated heterocycles. The van der Waals surface area contributed by atoms with Gasteiger partial charge in [0.05, 0.1) is 26.5 Å². The summed E-state index contributed by atoms with van der Waals surface area (Å²) in [6, 6.07) is 21.8. The molecule has 0 aliphatic carbocycles. The van der Waals surface area contributed by atoms with E-state index in [1.165, 1.54) is 7.11 Å². The number of hydrogen-bond acceptors (Lipinski definition) is 5. The zero-order chi connectivity index (χ0) is 22.9. The molecule has 0 unspecified atom stereocenters. The van der Waals surface area contributed by atoms with Gasteiger partial charge in [-0.15, -0.1) is 0 Å². The van der Waals surface area contributed by atoms with Gasteiger partial charge in [0, 0.05) is 29.5 Å². The minimum atomic E-state index is -0.238. The summed E-state index contributed by atoms with van der Waals surface area (Å²) >= 11 is 0. The largest absolute Gasteiger partial charge is 0.497 e. The van der Waals surface area contributed by atoms with Crippen molar-refractivity contribution in [1.82, 2.24) is 0 Å². The van der Waals surface area contributed by atoms with E-state index < -0.39 is 0 Å². The predicted molar refractivity (Wildman–Crippen MR) is 127 cm³/mol. The molecule has 7 nitrogen and oxygen atoms in total. The molecular weight excluding hydrogens is 406 g/mol. The maximum absolute atomic E-state index is 12.9. The van der Waals surface area contributed by atoms with E-state index in [2.05, 4.69) is 10.6 Å². The lowest BCUT2D eigenvalue weighted by Crippen LogP contribution is -2.30. The van der Waals surface area contributed by atoms with Gasteiger partial charge in [0.15, 0.2) is 0 Å². The highest BCUT2D eigenvalue weighted by Gasteiger charge is 2.16. The van der Waals surface area contributed by atoms with Crippen LogP contribution in [0.4, 0.5) is 17.1 Å². The summed E-state index contributed by atoms with van der Waals surface area (Å²) in [5.41, 5.74) is 2.69. The van der Waals surface area contributed by atoms with E-state index in [9.17, 15) is 9.59 Å². The molecule has 166 valence electrons. The molecule has 0 aliphatic rings. The molecule has 0 heterocycles. The van der Waals surface area contributed by atoms with Gasteiger partial charge >= 0.3 is 0 Å². The van der Waals surface area contributed by atoms with Gasteiger partial charge in [-0.2, -0.15) is 0 Å². The average molecular weight is 434 g/mol. The van der Waals surface area contributed by atoms with Crippen molar-refractivity contribution in [3.05, 3.63) is 78.4 Å². The summed E-state index contributed by atoms with van der Waals surface area (Å²) < 4.78 is 10.5. The Morgan fingerprint density at radius 3 is 2.25 bits per heavy atom. The lowest BCUT2D eigenvalue weighted by atomic mass is 10.1. The Kier molecular flexibility index (Phi) is 7.70. The fourth-order valence-corrected chi connectivity index (χ4v) is 3.23. The van der Waals surface area contributed by atoms with Crippen LogP contribution < -0.4 is 25.0 Å². The predicted octanol–water partition coefficient (Wildman–Crippen LogP) is 4.42. The number of rotatable bonds is 9. The molecule has 2 N–H and O–H groups in total. The zero-order valence-corrected chi connectivity index (χ0v) is 18.4. The third kappa shape index (κ3) is 5.57. The highest BCUT2D eigenvalue weighted by atomic mass is 16.5. The smallest absolute Gasteiger partial charge is 0.258 e. The topological polar surface area (TPSA) is 79.9 Å². The molecule has 3 aromatic rings. The molecule has 0 aliphatic heterocycles. The Morgan fingerprint density at radius 2 is 1.62 bits per heavy atom.